The smallest absolute Gasteiger partial charge is 0.264 e. The van der Waals surface area contributed by atoms with Crippen LogP contribution in [0.2, 0.25) is 0 Å². The molecule has 3 nitrogen and oxygen atoms in total. The number of fused-ring (bicyclic) bond motifs is 17. The van der Waals surface area contributed by atoms with E-state index in [-0.39, 0.29) is 60.9 Å². The zero-order valence-corrected chi connectivity index (χ0v) is 61.2. The molecule has 5 aliphatic carbocycles. The molecule has 4 heterocycles. The highest BCUT2D eigenvalue weighted by Gasteiger charge is 2.55. The Balaban J connectivity index is 1.09. The average molecular weight is 1250 g/mol. The van der Waals surface area contributed by atoms with Gasteiger partial charge in [-0.2, -0.15) is 0 Å². The number of thiophene rings is 1. The van der Waals surface area contributed by atoms with Crippen LogP contribution >= 0.6 is 11.3 Å². The Hall–Kier alpha value is -6.82. The molecule has 1 saturated carbocycles. The van der Waals surface area contributed by atoms with E-state index in [9.17, 15) is 0 Å². The molecule has 1 fully saturated rings. The van der Waals surface area contributed by atoms with Crippen molar-refractivity contribution in [2.45, 2.75) is 250 Å². The molecule has 94 heavy (non-hydrogen) atoms. The normalized spacial score (nSPS) is 22.8. The molecule has 0 radical (unpaired) electrons. The minimum absolute atomic E-state index is 0.00293. The first-order chi connectivity index (χ1) is 44.0. The lowest BCUT2D eigenvalue weighted by molar-refractivity contribution is 0.332. The van der Waals surface area contributed by atoms with Crippen molar-refractivity contribution in [1.82, 2.24) is 4.57 Å². The lowest BCUT2D eigenvalue weighted by Crippen LogP contribution is -2.61. The molecule has 17 rings (SSSR count). The van der Waals surface area contributed by atoms with Gasteiger partial charge in [0.1, 0.15) is 0 Å². The summed E-state index contributed by atoms with van der Waals surface area (Å²) in [6.45, 7) is 49.7. The average Bonchev–Trinajstić information content (AvgIpc) is 1.36. The van der Waals surface area contributed by atoms with Crippen LogP contribution in [0.15, 0.2) is 133 Å². The number of hydrogen-bond donors (Lipinski definition) is 0. The fraction of sp³-hybridized carbons (Fsp3) is 0.438. The number of benzene rings is 8. The summed E-state index contributed by atoms with van der Waals surface area (Å²) in [5.41, 5.74) is 32.1. The minimum Gasteiger partial charge on any atom is -0.311 e. The summed E-state index contributed by atoms with van der Waals surface area (Å²) in [5, 5.41) is 4.00. The Morgan fingerprint density at radius 2 is 0.862 bits per heavy atom. The number of nitrogens with zero attached hydrogens (tertiary/aromatic N) is 3. The van der Waals surface area contributed by atoms with E-state index in [0.717, 1.165) is 32.1 Å². The molecule has 2 unspecified atom stereocenters. The van der Waals surface area contributed by atoms with Crippen molar-refractivity contribution in [2.75, 3.05) is 9.80 Å². The van der Waals surface area contributed by atoms with Crippen LogP contribution in [-0.4, -0.2) is 11.3 Å². The van der Waals surface area contributed by atoms with Crippen LogP contribution in [-0.2, 0) is 54.1 Å². The molecule has 2 aliphatic heterocycles. The van der Waals surface area contributed by atoms with Gasteiger partial charge in [0.05, 0.1) is 28.1 Å². The van der Waals surface area contributed by atoms with Crippen molar-refractivity contribution < 1.29 is 0 Å². The first-order valence-electron chi connectivity index (χ1n) is 36.1. The molecule has 5 heteroatoms. The van der Waals surface area contributed by atoms with Crippen molar-refractivity contribution >= 4 is 99.8 Å². The maximum atomic E-state index is 2.90. The van der Waals surface area contributed by atoms with Gasteiger partial charge in [0, 0.05) is 53.9 Å². The molecule has 7 aliphatic rings. The van der Waals surface area contributed by atoms with Crippen LogP contribution in [0, 0.1) is 0 Å². The van der Waals surface area contributed by atoms with Crippen LogP contribution < -0.4 is 25.5 Å². The molecule has 8 aromatic carbocycles. The number of rotatable bonds is 4. The monoisotopic (exact) mass is 1250 g/mol. The van der Waals surface area contributed by atoms with Gasteiger partial charge in [0.15, 0.2) is 0 Å². The molecular formula is C89H100BN3S. The SMILES string of the molecule is CC(C)(C)c1ccc2c3ccc(C(C)(C)C)cc3n(-c3cc4c5c(c3)N(c3cc6c(cc3-c3ccccc3)C(C)(C)CCC6(C)C)c3c(sc6cc7c(cc36)C3(C)CCC7(C)C3)B5c3cc5c(cc3N4c3ccc4c(c3)C(C)(C)CCC4(C)C)C(C)(C)CCC5(C)C)c2c1. The Bertz CT molecular complexity index is 4890. The molecule has 0 spiro atoms. The van der Waals surface area contributed by atoms with Gasteiger partial charge in [-0.05, 0) is 251 Å². The second-order valence-electron chi connectivity index (χ2n) is 37.6. The molecule has 0 saturated heterocycles. The van der Waals surface area contributed by atoms with Crippen LogP contribution in [0.1, 0.15) is 252 Å². The standard InChI is InChI=1S/C89H100BN3S/c1-80(2,3)53-26-29-57-58-30-27-54(81(4,5)6)41-71(58)92(70(57)40-53)56-43-74-77-75(44-56)93(72-48-65-63(84(11,12)34-36-86(65,15)16)45-59(72)52-24-22-21-23-25-52)78-60-46-67-68(89(20)39-38-88(67,19)51-89)50-76(60)94-79(78)90(77)69-47-64-66(87(17,18)37-35-85(64,13)14)49-73(69)91(74)55-28-31-61-62(42-55)83(9,10)33-32-82(61,7)8/h21-31,40-50H,32-39,51H2,1-20H3. The Morgan fingerprint density at radius 3 is 1.40 bits per heavy atom. The van der Waals surface area contributed by atoms with Gasteiger partial charge in [-0.25, -0.2) is 0 Å². The Morgan fingerprint density at radius 1 is 0.383 bits per heavy atom. The van der Waals surface area contributed by atoms with E-state index in [0.29, 0.717) is 0 Å². The minimum atomic E-state index is -0.0676. The zero-order chi connectivity index (χ0) is 66.1. The number of anilines is 6. The van der Waals surface area contributed by atoms with Gasteiger partial charge in [-0.1, -0.05) is 205 Å². The summed E-state index contributed by atoms with van der Waals surface area (Å²) in [7, 11) is 0. The third-order valence-electron chi connectivity index (χ3n) is 26.2. The predicted octanol–water partition coefficient (Wildman–Crippen LogP) is 23.1. The van der Waals surface area contributed by atoms with E-state index in [1.807, 2.05) is 0 Å². The highest BCUT2D eigenvalue weighted by molar-refractivity contribution is 7.33. The van der Waals surface area contributed by atoms with Crippen molar-refractivity contribution in [3.8, 4) is 16.8 Å². The molecule has 0 amide bonds. The van der Waals surface area contributed by atoms with Crippen LogP contribution in [0.5, 0.6) is 0 Å². The second kappa shape index (κ2) is 19.1. The summed E-state index contributed by atoms with van der Waals surface area (Å²) < 4.78 is 5.62. The van der Waals surface area contributed by atoms with Gasteiger partial charge in [-0.15, -0.1) is 11.3 Å². The summed E-state index contributed by atoms with van der Waals surface area (Å²) in [4.78, 5) is 5.72. The number of aromatic nitrogens is 1. The van der Waals surface area contributed by atoms with Crippen molar-refractivity contribution in [3.05, 3.63) is 189 Å². The summed E-state index contributed by atoms with van der Waals surface area (Å²) >= 11 is 2.12. The van der Waals surface area contributed by atoms with Crippen LogP contribution in [0.25, 0.3) is 48.7 Å². The molecule has 0 N–H and O–H groups in total. The molecule has 2 atom stereocenters. The molecule has 2 aromatic heterocycles. The van der Waals surface area contributed by atoms with Crippen LogP contribution in [0.4, 0.5) is 34.1 Å². The van der Waals surface area contributed by atoms with Gasteiger partial charge in [0.25, 0.3) is 6.71 Å². The summed E-state index contributed by atoms with van der Waals surface area (Å²) in [6.07, 6.45) is 10.7. The van der Waals surface area contributed by atoms with E-state index in [2.05, 4.69) is 298 Å². The summed E-state index contributed by atoms with van der Waals surface area (Å²) in [6, 6.07) is 55.9. The maximum Gasteiger partial charge on any atom is 0.264 e. The quantitative estimate of drug-likeness (QED) is 0.163. The molecule has 480 valence electrons. The fourth-order valence-corrected chi connectivity index (χ4v) is 21.2. The van der Waals surface area contributed by atoms with E-state index < -0.39 is 0 Å². The maximum absolute atomic E-state index is 2.90. The zero-order valence-electron chi connectivity index (χ0n) is 60.4. The number of hydrogen-bond acceptors (Lipinski definition) is 3. The predicted molar refractivity (Wildman–Crippen MR) is 407 cm³/mol. The molecule has 2 bridgehead atoms. The second-order valence-corrected chi connectivity index (χ2v) is 38.7. The van der Waals surface area contributed by atoms with E-state index in [1.165, 1.54) is 169 Å². The van der Waals surface area contributed by atoms with Crippen LogP contribution in [0.3, 0.4) is 0 Å². The lowest BCUT2D eigenvalue weighted by Gasteiger charge is -2.48. The first kappa shape index (κ1) is 60.8. The van der Waals surface area contributed by atoms with Gasteiger partial charge in [0.2, 0.25) is 0 Å². The highest BCUT2D eigenvalue weighted by atomic mass is 32.1. The van der Waals surface area contributed by atoms with E-state index in [1.54, 1.807) is 11.1 Å². The van der Waals surface area contributed by atoms with Crippen molar-refractivity contribution in [3.63, 3.8) is 0 Å². The topological polar surface area (TPSA) is 11.4 Å². The molecule has 10 aromatic rings. The summed E-state index contributed by atoms with van der Waals surface area (Å²) in [5.74, 6) is 0. The van der Waals surface area contributed by atoms with Crippen molar-refractivity contribution in [2.24, 2.45) is 0 Å². The van der Waals surface area contributed by atoms with E-state index >= 15 is 0 Å². The van der Waals surface area contributed by atoms with E-state index in [4.69, 9.17) is 0 Å². The van der Waals surface area contributed by atoms with Gasteiger partial charge < -0.3 is 14.4 Å². The largest absolute Gasteiger partial charge is 0.311 e. The van der Waals surface area contributed by atoms with Gasteiger partial charge in [-0.3, -0.25) is 0 Å². The lowest BCUT2D eigenvalue weighted by atomic mass is 9.35. The van der Waals surface area contributed by atoms with Gasteiger partial charge >= 0.3 is 0 Å². The Kier molecular flexibility index (Phi) is 12.3. The molecular weight excluding hydrogens is 1150 g/mol. The third-order valence-corrected chi connectivity index (χ3v) is 27.4. The Labute approximate surface area is 566 Å². The third kappa shape index (κ3) is 8.52. The van der Waals surface area contributed by atoms with Crippen molar-refractivity contribution in [1.29, 1.82) is 0 Å². The fourth-order valence-electron chi connectivity index (χ4n) is 19.9. The highest BCUT2D eigenvalue weighted by Crippen LogP contribution is 2.63. The first-order valence-corrected chi connectivity index (χ1v) is 36.9.